The Balaban J connectivity index is 1.71. The Labute approximate surface area is 145 Å². The summed E-state index contributed by atoms with van der Waals surface area (Å²) in [5, 5.41) is 0.501. The van der Waals surface area contributed by atoms with Gasteiger partial charge in [-0.3, -0.25) is 4.79 Å². The van der Waals surface area contributed by atoms with Gasteiger partial charge in [0.2, 0.25) is 0 Å². The van der Waals surface area contributed by atoms with Crippen LogP contribution in [0.5, 0.6) is 0 Å². The lowest BCUT2D eigenvalue weighted by Gasteiger charge is -2.25. The molecule has 0 radical (unpaired) electrons. The smallest absolute Gasteiger partial charge is 0.337 e. The first-order valence-corrected chi connectivity index (χ1v) is 8.27. The van der Waals surface area contributed by atoms with Crippen LogP contribution in [0, 0.1) is 0 Å². The van der Waals surface area contributed by atoms with Crippen LogP contribution in [0.15, 0.2) is 36.4 Å². The van der Waals surface area contributed by atoms with Gasteiger partial charge in [-0.15, -0.1) is 0 Å². The Morgan fingerprint density at radius 3 is 2.83 bits per heavy atom. The Bertz CT molecular complexity index is 862. The molecular weight excluding hydrogens is 326 g/mol. The highest BCUT2D eigenvalue weighted by Crippen LogP contribution is 2.41. The van der Waals surface area contributed by atoms with Gasteiger partial charge in [-0.2, -0.15) is 0 Å². The topological polar surface area (TPSA) is 46.6 Å². The average Bonchev–Trinajstić information content (AvgIpc) is 3.15. The van der Waals surface area contributed by atoms with E-state index in [0.29, 0.717) is 22.7 Å². The molecule has 1 atom stereocenters. The lowest BCUT2D eigenvalue weighted by Crippen LogP contribution is -2.28. The fourth-order valence-corrected chi connectivity index (χ4v) is 4.01. The van der Waals surface area contributed by atoms with Crippen LogP contribution in [0.2, 0.25) is 5.02 Å². The number of halogens is 1. The SMILES string of the molecule is COC(=O)c1ccc2c(c1)C(N1Cc3cccc(Cl)c3C1=O)CC2. The van der Waals surface area contributed by atoms with Crippen molar-refractivity contribution >= 4 is 23.5 Å². The zero-order valence-electron chi connectivity index (χ0n) is 13.2. The Morgan fingerprint density at radius 1 is 1.25 bits per heavy atom. The van der Waals surface area contributed by atoms with Crippen LogP contribution in [0.4, 0.5) is 0 Å². The first kappa shape index (κ1) is 15.2. The number of carbonyl (C=O) groups excluding carboxylic acids is 2. The molecule has 122 valence electrons. The van der Waals surface area contributed by atoms with Gasteiger partial charge in [0.05, 0.1) is 29.3 Å². The molecule has 24 heavy (non-hydrogen) atoms. The fourth-order valence-electron chi connectivity index (χ4n) is 3.74. The van der Waals surface area contributed by atoms with E-state index >= 15 is 0 Å². The molecule has 0 saturated carbocycles. The van der Waals surface area contributed by atoms with Crippen molar-refractivity contribution in [2.45, 2.75) is 25.4 Å². The van der Waals surface area contributed by atoms with Crippen molar-refractivity contribution < 1.29 is 14.3 Å². The third kappa shape index (κ3) is 2.21. The summed E-state index contributed by atoms with van der Waals surface area (Å²) in [4.78, 5) is 26.5. The van der Waals surface area contributed by atoms with E-state index < -0.39 is 0 Å². The number of ether oxygens (including phenoxy) is 1. The Kier molecular flexibility index (Phi) is 3.57. The fraction of sp³-hybridized carbons (Fsp3) is 0.263. The second-order valence-electron chi connectivity index (χ2n) is 6.17. The minimum atomic E-state index is -0.359. The summed E-state index contributed by atoms with van der Waals surface area (Å²) in [6.45, 7) is 0.557. The second kappa shape index (κ2) is 5.64. The van der Waals surface area contributed by atoms with Gasteiger partial charge >= 0.3 is 5.97 Å². The quantitative estimate of drug-likeness (QED) is 0.781. The third-order valence-corrected chi connectivity index (χ3v) is 5.22. The van der Waals surface area contributed by atoms with Gasteiger partial charge in [-0.25, -0.2) is 4.79 Å². The van der Waals surface area contributed by atoms with Gasteiger partial charge in [-0.05, 0) is 47.7 Å². The lowest BCUT2D eigenvalue weighted by molar-refractivity contribution is 0.0600. The monoisotopic (exact) mass is 341 g/mol. The number of carbonyl (C=O) groups is 2. The summed E-state index contributed by atoms with van der Waals surface area (Å²) in [6.07, 6.45) is 1.76. The predicted molar refractivity (Wildman–Crippen MR) is 90.2 cm³/mol. The molecule has 4 nitrogen and oxygen atoms in total. The van der Waals surface area contributed by atoms with Crippen molar-refractivity contribution in [3.05, 3.63) is 69.2 Å². The molecule has 1 aliphatic heterocycles. The third-order valence-electron chi connectivity index (χ3n) is 4.90. The van der Waals surface area contributed by atoms with E-state index in [9.17, 15) is 9.59 Å². The highest BCUT2D eigenvalue weighted by atomic mass is 35.5. The molecule has 0 N–H and O–H groups in total. The molecule has 1 aliphatic carbocycles. The van der Waals surface area contributed by atoms with E-state index in [-0.39, 0.29) is 17.9 Å². The summed E-state index contributed by atoms with van der Waals surface area (Å²) < 4.78 is 4.81. The highest BCUT2D eigenvalue weighted by Gasteiger charge is 2.37. The van der Waals surface area contributed by atoms with E-state index in [2.05, 4.69) is 0 Å². The number of hydrogen-bond acceptors (Lipinski definition) is 3. The van der Waals surface area contributed by atoms with E-state index in [1.54, 1.807) is 12.1 Å². The van der Waals surface area contributed by atoms with Crippen LogP contribution >= 0.6 is 11.6 Å². The first-order chi connectivity index (χ1) is 11.6. The predicted octanol–water partition coefficient (Wildman–Crippen LogP) is 3.77. The molecule has 0 fully saturated rings. The lowest BCUT2D eigenvalue weighted by atomic mass is 10.0. The number of nitrogens with zero attached hydrogens (tertiary/aromatic N) is 1. The van der Waals surface area contributed by atoms with E-state index in [1.807, 2.05) is 29.2 Å². The van der Waals surface area contributed by atoms with E-state index in [4.69, 9.17) is 16.3 Å². The molecule has 2 aliphatic rings. The van der Waals surface area contributed by atoms with Gasteiger partial charge in [0.25, 0.3) is 5.91 Å². The maximum absolute atomic E-state index is 12.8. The maximum Gasteiger partial charge on any atom is 0.337 e. The van der Waals surface area contributed by atoms with Crippen molar-refractivity contribution in [1.82, 2.24) is 4.90 Å². The van der Waals surface area contributed by atoms with Crippen molar-refractivity contribution in [3.8, 4) is 0 Å². The molecule has 5 heteroatoms. The van der Waals surface area contributed by atoms with Crippen LogP contribution in [0.3, 0.4) is 0 Å². The van der Waals surface area contributed by atoms with Crippen molar-refractivity contribution in [3.63, 3.8) is 0 Å². The zero-order valence-corrected chi connectivity index (χ0v) is 14.0. The average molecular weight is 342 g/mol. The number of amides is 1. The molecule has 0 spiro atoms. The molecule has 0 saturated heterocycles. The van der Waals surface area contributed by atoms with E-state index in [0.717, 1.165) is 24.0 Å². The summed E-state index contributed by atoms with van der Waals surface area (Å²) in [5.41, 5.74) is 4.31. The van der Waals surface area contributed by atoms with Gasteiger partial charge in [0.15, 0.2) is 0 Å². The molecule has 4 rings (SSSR count). The minimum absolute atomic E-state index is 0.0272. The highest BCUT2D eigenvalue weighted by molar-refractivity contribution is 6.34. The Morgan fingerprint density at radius 2 is 2.08 bits per heavy atom. The Hall–Kier alpha value is -2.33. The molecular formula is C19H16ClNO3. The van der Waals surface area contributed by atoms with Crippen LogP contribution < -0.4 is 0 Å². The number of esters is 1. The number of rotatable bonds is 2. The molecule has 0 aromatic heterocycles. The first-order valence-electron chi connectivity index (χ1n) is 7.89. The number of hydrogen-bond donors (Lipinski definition) is 0. The van der Waals surface area contributed by atoms with Crippen LogP contribution in [0.1, 0.15) is 49.9 Å². The van der Waals surface area contributed by atoms with Crippen molar-refractivity contribution in [2.75, 3.05) is 7.11 Å². The van der Waals surface area contributed by atoms with Crippen LogP contribution in [-0.4, -0.2) is 23.9 Å². The second-order valence-corrected chi connectivity index (χ2v) is 6.57. The molecule has 1 heterocycles. The molecule has 1 unspecified atom stereocenters. The number of aryl methyl sites for hydroxylation is 1. The molecule has 2 aromatic carbocycles. The maximum atomic E-state index is 12.8. The standard InChI is InChI=1S/C19H16ClNO3/c1-24-19(23)12-6-5-11-7-8-16(14(11)9-12)21-10-13-3-2-4-15(20)17(13)18(21)22/h2-6,9,16H,7-8,10H2,1H3. The van der Waals surface area contributed by atoms with Gasteiger partial charge < -0.3 is 9.64 Å². The van der Waals surface area contributed by atoms with Crippen LogP contribution in [-0.2, 0) is 17.7 Å². The van der Waals surface area contributed by atoms with Gasteiger partial charge in [0, 0.05) is 6.54 Å². The summed E-state index contributed by atoms with van der Waals surface area (Å²) >= 11 is 6.21. The largest absolute Gasteiger partial charge is 0.465 e. The molecule has 1 amide bonds. The molecule has 0 bridgehead atoms. The normalized spacial score (nSPS) is 18.5. The van der Waals surface area contributed by atoms with Crippen LogP contribution in [0.25, 0.3) is 0 Å². The number of fused-ring (bicyclic) bond motifs is 2. The van der Waals surface area contributed by atoms with Crippen molar-refractivity contribution in [2.24, 2.45) is 0 Å². The van der Waals surface area contributed by atoms with E-state index in [1.165, 1.54) is 12.7 Å². The summed E-state index contributed by atoms with van der Waals surface area (Å²) in [7, 11) is 1.37. The van der Waals surface area contributed by atoms with Gasteiger partial charge in [0.1, 0.15) is 0 Å². The van der Waals surface area contributed by atoms with Gasteiger partial charge in [-0.1, -0.05) is 29.8 Å². The molecule has 2 aromatic rings. The summed E-state index contributed by atoms with van der Waals surface area (Å²) in [5.74, 6) is -0.389. The summed E-state index contributed by atoms with van der Waals surface area (Å²) in [6, 6.07) is 11.1. The van der Waals surface area contributed by atoms with Crippen molar-refractivity contribution in [1.29, 1.82) is 0 Å². The minimum Gasteiger partial charge on any atom is -0.465 e. The number of methoxy groups -OCH3 is 1. The number of benzene rings is 2. The zero-order chi connectivity index (χ0) is 16.8.